The van der Waals surface area contributed by atoms with E-state index in [1.165, 1.54) is 21.0 Å². The van der Waals surface area contributed by atoms with Crippen LogP contribution in [0.1, 0.15) is 39.2 Å². The second kappa shape index (κ2) is 13.7. The van der Waals surface area contributed by atoms with E-state index in [1.807, 2.05) is 0 Å². The molecule has 1 unspecified atom stereocenters. The molecule has 0 saturated carbocycles. The lowest BCUT2D eigenvalue weighted by atomic mass is 9.80. The number of rotatable bonds is 8. The van der Waals surface area contributed by atoms with Gasteiger partial charge >= 0.3 is 11.9 Å². The molecule has 0 bridgehead atoms. The van der Waals surface area contributed by atoms with E-state index in [0.717, 1.165) is 0 Å². The van der Waals surface area contributed by atoms with Crippen molar-refractivity contribution in [3.05, 3.63) is 57.4 Å². The Kier molecular flexibility index (Phi) is 11.7. The molecule has 0 radical (unpaired) electrons. The second-order valence-corrected chi connectivity index (χ2v) is 7.38. The van der Waals surface area contributed by atoms with Gasteiger partial charge in [0, 0.05) is 17.3 Å². The number of halogens is 1. The van der Waals surface area contributed by atoms with Gasteiger partial charge in [-0.2, -0.15) is 0 Å². The lowest BCUT2D eigenvalue weighted by Crippen LogP contribution is -2.35. The second-order valence-electron chi connectivity index (χ2n) is 6.97. The molecule has 176 valence electrons. The third-order valence-electron chi connectivity index (χ3n) is 4.27. The fraction of sp³-hybridized carbons (Fsp3) is 0.435. The number of esters is 2. The van der Waals surface area contributed by atoms with Gasteiger partial charge in [0.05, 0.1) is 49.7 Å². The quantitative estimate of drug-likeness (QED) is 0.443. The molecule has 1 heterocycles. The highest BCUT2D eigenvalue weighted by Gasteiger charge is 2.39. The topological polar surface area (TPSA) is 117 Å². The number of nitrogens with two attached hydrogens (primary N) is 1. The molecule has 32 heavy (non-hydrogen) atoms. The molecule has 3 N–H and O–H groups in total. The van der Waals surface area contributed by atoms with Crippen molar-refractivity contribution in [2.75, 3.05) is 33.5 Å². The van der Waals surface area contributed by atoms with Gasteiger partial charge < -0.3 is 30.1 Å². The zero-order valence-electron chi connectivity index (χ0n) is 19.1. The van der Waals surface area contributed by atoms with Crippen molar-refractivity contribution in [2.24, 2.45) is 5.73 Å². The van der Waals surface area contributed by atoms with Crippen molar-refractivity contribution >= 4 is 29.3 Å². The van der Waals surface area contributed by atoms with Gasteiger partial charge in [0.25, 0.3) is 0 Å². The van der Waals surface area contributed by atoms with Crippen LogP contribution in [0.15, 0.2) is 46.8 Å². The summed E-state index contributed by atoms with van der Waals surface area (Å²) in [5, 5.41) is 3.52. The van der Waals surface area contributed by atoms with Crippen LogP contribution in [-0.4, -0.2) is 51.2 Å². The van der Waals surface area contributed by atoms with E-state index in [9.17, 15) is 14.4 Å². The molecule has 1 aliphatic heterocycles. The number of carbonyl (C=O) groups excluding carboxylic acids is 3. The fourth-order valence-corrected chi connectivity index (χ4v) is 3.36. The molecule has 0 saturated heterocycles. The molecule has 1 atom stereocenters. The Labute approximate surface area is 193 Å². The Morgan fingerprint density at radius 1 is 1.12 bits per heavy atom. The number of carbonyl (C=O) groups is 3. The Balaban J connectivity index is 0.00000118. The van der Waals surface area contributed by atoms with Gasteiger partial charge in [-0.15, -0.1) is 0 Å². The normalized spacial score (nSPS) is 15.4. The number of dihydropyridines is 1. The number of allylic oxidation sites excluding steroid dienone is 1. The molecule has 1 aromatic carbocycles. The van der Waals surface area contributed by atoms with E-state index in [0.29, 0.717) is 40.7 Å². The van der Waals surface area contributed by atoms with Crippen molar-refractivity contribution in [2.45, 2.75) is 33.6 Å². The van der Waals surface area contributed by atoms with Gasteiger partial charge in [0.15, 0.2) is 0 Å². The van der Waals surface area contributed by atoms with Crippen molar-refractivity contribution in [1.82, 2.24) is 5.32 Å². The summed E-state index contributed by atoms with van der Waals surface area (Å²) in [5.41, 5.74) is 7.70. The van der Waals surface area contributed by atoms with Crippen LogP contribution in [0.3, 0.4) is 0 Å². The molecule has 8 nitrogen and oxygen atoms in total. The van der Waals surface area contributed by atoms with Crippen LogP contribution in [0, 0.1) is 0 Å². The highest BCUT2D eigenvalue weighted by Crippen LogP contribution is 2.41. The predicted octanol–water partition coefficient (Wildman–Crippen LogP) is 2.86. The Morgan fingerprint density at radius 2 is 1.75 bits per heavy atom. The van der Waals surface area contributed by atoms with E-state index < -0.39 is 17.9 Å². The molecule has 1 aromatic rings. The van der Waals surface area contributed by atoms with Crippen molar-refractivity contribution in [1.29, 1.82) is 0 Å². The number of hydrogen-bond donors (Lipinski definition) is 2. The average molecular weight is 467 g/mol. The van der Waals surface area contributed by atoms with Gasteiger partial charge in [0.2, 0.25) is 0 Å². The summed E-state index contributed by atoms with van der Waals surface area (Å²) in [7, 11) is 1.29. The van der Waals surface area contributed by atoms with Crippen LogP contribution < -0.4 is 11.1 Å². The molecule has 0 spiro atoms. The molecule has 0 amide bonds. The van der Waals surface area contributed by atoms with Crippen LogP contribution >= 0.6 is 11.6 Å². The van der Waals surface area contributed by atoms with Crippen molar-refractivity contribution in [3.8, 4) is 0 Å². The molecule has 0 aliphatic carbocycles. The Bertz CT molecular complexity index is 890. The van der Waals surface area contributed by atoms with Crippen molar-refractivity contribution in [3.63, 3.8) is 0 Å². The van der Waals surface area contributed by atoms with E-state index in [-0.39, 0.29) is 24.6 Å². The molecule has 0 aromatic heterocycles. The lowest BCUT2D eigenvalue weighted by Gasteiger charge is -2.31. The predicted molar refractivity (Wildman–Crippen MR) is 122 cm³/mol. The van der Waals surface area contributed by atoms with Crippen LogP contribution in [0.5, 0.6) is 0 Å². The summed E-state index contributed by atoms with van der Waals surface area (Å²) < 4.78 is 15.8. The molecule has 1 aliphatic rings. The number of ether oxygens (including phenoxy) is 3. The van der Waals surface area contributed by atoms with Gasteiger partial charge in [-0.05, 0) is 39.3 Å². The van der Waals surface area contributed by atoms with Crippen LogP contribution in [0.25, 0.3) is 0 Å². The van der Waals surface area contributed by atoms with Gasteiger partial charge in [0.1, 0.15) is 5.78 Å². The number of benzene rings is 1. The standard InChI is InChI=1S/C20H25ClN2O5.C3H6O/c1-4-28-20(25)18-15(11-27-10-9-22)23-12(2)16(19(24)26-3)17(18)13-7-5-6-8-14(13)21;1-3(2)4/h5-8,17,23H,4,9-11,22H2,1-3H3;1-2H3. The highest BCUT2D eigenvalue weighted by atomic mass is 35.5. The summed E-state index contributed by atoms with van der Waals surface area (Å²) in [6, 6.07) is 7.05. The average Bonchev–Trinajstić information content (AvgIpc) is 2.73. The number of hydrogen-bond acceptors (Lipinski definition) is 8. The van der Waals surface area contributed by atoms with E-state index in [2.05, 4.69) is 5.32 Å². The Morgan fingerprint density at radius 3 is 2.28 bits per heavy atom. The Hall–Kier alpha value is -2.68. The van der Waals surface area contributed by atoms with Gasteiger partial charge in [-0.25, -0.2) is 9.59 Å². The van der Waals surface area contributed by atoms with Gasteiger partial charge in [-0.1, -0.05) is 29.8 Å². The molecular formula is C23H31ClN2O6. The zero-order chi connectivity index (χ0) is 24.3. The molecule has 0 fully saturated rings. The summed E-state index contributed by atoms with van der Waals surface area (Å²) in [6.45, 7) is 7.47. The first-order valence-corrected chi connectivity index (χ1v) is 10.5. The summed E-state index contributed by atoms with van der Waals surface area (Å²) in [6.07, 6.45) is 0. The fourth-order valence-electron chi connectivity index (χ4n) is 3.12. The van der Waals surface area contributed by atoms with Crippen LogP contribution in [0.4, 0.5) is 0 Å². The minimum atomic E-state index is -0.752. The van der Waals surface area contributed by atoms with E-state index in [4.69, 9.17) is 31.5 Å². The van der Waals surface area contributed by atoms with Crippen molar-refractivity contribution < 1.29 is 28.6 Å². The molecular weight excluding hydrogens is 436 g/mol. The third-order valence-corrected chi connectivity index (χ3v) is 4.61. The van der Waals surface area contributed by atoms with Crippen LogP contribution in [0.2, 0.25) is 5.02 Å². The first kappa shape index (κ1) is 27.4. The maximum absolute atomic E-state index is 12.9. The maximum atomic E-state index is 12.9. The largest absolute Gasteiger partial charge is 0.466 e. The number of Topliss-reactive ketones (excluding diaryl/α,β-unsaturated/α-hetero) is 1. The minimum absolute atomic E-state index is 0.109. The first-order chi connectivity index (χ1) is 15.2. The summed E-state index contributed by atoms with van der Waals surface area (Å²) >= 11 is 6.42. The summed E-state index contributed by atoms with van der Waals surface area (Å²) in [5.74, 6) is -1.70. The summed E-state index contributed by atoms with van der Waals surface area (Å²) in [4.78, 5) is 34.9. The van der Waals surface area contributed by atoms with E-state index >= 15 is 0 Å². The highest BCUT2D eigenvalue weighted by molar-refractivity contribution is 6.31. The van der Waals surface area contributed by atoms with Crippen LogP contribution in [-0.2, 0) is 28.6 Å². The maximum Gasteiger partial charge on any atom is 0.336 e. The third kappa shape index (κ3) is 7.47. The number of ketones is 1. The molecule has 2 rings (SSSR count). The number of methoxy groups -OCH3 is 1. The lowest BCUT2D eigenvalue weighted by molar-refractivity contribution is -0.139. The SMILES string of the molecule is CC(C)=O.CCOC(=O)C1=C(COCCN)NC(C)=C(C(=O)OC)C1c1ccccc1Cl. The number of nitrogens with one attached hydrogen (secondary N) is 1. The first-order valence-electron chi connectivity index (χ1n) is 10.1. The molecule has 9 heteroatoms. The van der Waals surface area contributed by atoms with Gasteiger partial charge in [-0.3, -0.25) is 0 Å². The smallest absolute Gasteiger partial charge is 0.336 e. The monoisotopic (exact) mass is 466 g/mol. The van der Waals surface area contributed by atoms with E-state index in [1.54, 1.807) is 38.1 Å². The minimum Gasteiger partial charge on any atom is -0.466 e. The zero-order valence-corrected chi connectivity index (χ0v) is 19.9.